The van der Waals surface area contributed by atoms with Gasteiger partial charge in [0, 0.05) is 25.7 Å². The Bertz CT molecular complexity index is 206. The molecule has 2 fully saturated rings. The van der Waals surface area contributed by atoms with Gasteiger partial charge in [0.05, 0.1) is 6.10 Å². The molecule has 88 valence electrons. The third kappa shape index (κ3) is 2.71. The predicted molar refractivity (Wildman–Crippen MR) is 61.9 cm³/mol. The number of hydrogen-bond donors (Lipinski definition) is 1. The van der Waals surface area contributed by atoms with Crippen molar-refractivity contribution in [1.82, 2.24) is 9.80 Å². The fourth-order valence-electron chi connectivity index (χ4n) is 2.65. The van der Waals surface area contributed by atoms with Gasteiger partial charge in [-0.2, -0.15) is 0 Å². The molecule has 1 saturated heterocycles. The zero-order valence-electron chi connectivity index (χ0n) is 10.0. The molecule has 1 aliphatic carbocycles. The van der Waals surface area contributed by atoms with Gasteiger partial charge in [0.25, 0.3) is 0 Å². The Morgan fingerprint density at radius 2 is 2.00 bits per heavy atom. The second kappa shape index (κ2) is 4.81. The highest BCUT2D eigenvalue weighted by Gasteiger charge is 2.30. The maximum Gasteiger partial charge on any atom is 0.0583 e. The van der Waals surface area contributed by atoms with Crippen molar-refractivity contribution in [3.8, 4) is 0 Å². The lowest BCUT2D eigenvalue weighted by atomic mass is 9.79. The maximum atomic E-state index is 10.1. The summed E-state index contributed by atoms with van der Waals surface area (Å²) in [6, 6.07) is 0.555. The van der Waals surface area contributed by atoms with Crippen LogP contribution in [0.4, 0.5) is 0 Å². The first-order chi connectivity index (χ1) is 7.16. The Morgan fingerprint density at radius 1 is 1.27 bits per heavy atom. The number of likely N-dealkylation sites (N-methyl/N-ethyl adjacent to an activating group) is 2. The Kier molecular flexibility index (Phi) is 3.65. The van der Waals surface area contributed by atoms with E-state index in [1.807, 2.05) is 0 Å². The van der Waals surface area contributed by atoms with Crippen LogP contribution in [0, 0.1) is 5.92 Å². The normalized spacial score (nSPS) is 32.6. The van der Waals surface area contributed by atoms with Crippen molar-refractivity contribution >= 4 is 0 Å². The smallest absolute Gasteiger partial charge is 0.0583 e. The van der Waals surface area contributed by atoms with Crippen LogP contribution >= 0.6 is 0 Å². The molecular formula is C12H24N2O. The van der Waals surface area contributed by atoms with Crippen LogP contribution in [0.25, 0.3) is 0 Å². The minimum Gasteiger partial charge on any atom is -0.393 e. The standard InChI is InChI=1S/C12H24N2O/c1-13-6-7-14(2)11(9-13)8-12(15)10-4-3-5-10/h10-12,15H,3-9H2,1-2H3. The van der Waals surface area contributed by atoms with Gasteiger partial charge in [0.15, 0.2) is 0 Å². The van der Waals surface area contributed by atoms with E-state index in [2.05, 4.69) is 23.9 Å². The molecule has 1 heterocycles. The Morgan fingerprint density at radius 3 is 2.60 bits per heavy atom. The molecule has 1 aliphatic heterocycles. The van der Waals surface area contributed by atoms with Gasteiger partial charge in [-0.25, -0.2) is 0 Å². The molecule has 0 amide bonds. The van der Waals surface area contributed by atoms with Crippen molar-refractivity contribution in [3.05, 3.63) is 0 Å². The van der Waals surface area contributed by atoms with Gasteiger partial charge < -0.3 is 14.9 Å². The van der Waals surface area contributed by atoms with Gasteiger partial charge >= 0.3 is 0 Å². The van der Waals surface area contributed by atoms with Gasteiger partial charge in [-0.1, -0.05) is 6.42 Å². The maximum absolute atomic E-state index is 10.1. The molecule has 0 bridgehead atoms. The average Bonchev–Trinajstić information content (AvgIpc) is 2.08. The topological polar surface area (TPSA) is 26.7 Å². The second-order valence-electron chi connectivity index (χ2n) is 5.39. The summed E-state index contributed by atoms with van der Waals surface area (Å²) in [4.78, 5) is 4.78. The summed E-state index contributed by atoms with van der Waals surface area (Å²) in [6.07, 6.45) is 4.71. The van der Waals surface area contributed by atoms with E-state index < -0.39 is 0 Å². The lowest BCUT2D eigenvalue weighted by Crippen LogP contribution is -2.51. The van der Waals surface area contributed by atoms with Crippen molar-refractivity contribution < 1.29 is 5.11 Å². The number of hydrogen-bond acceptors (Lipinski definition) is 3. The SMILES string of the molecule is CN1CCN(C)C(CC(O)C2CCC2)C1. The summed E-state index contributed by atoms with van der Waals surface area (Å²) in [5.74, 6) is 0.602. The molecule has 2 atom stereocenters. The van der Waals surface area contributed by atoms with Crippen LogP contribution in [-0.2, 0) is 0 Å². The van der Waals surface area contributed by atoms with Gasteiger partial charge in [0.2, 0.25) is 0 Å². The van der Waals surface area contributed by atoms with Crippen molar-refractivity contribution in [2.45, 2.75) is 37.8 Å². The Balaban J connectivity index is 1.80. The van der Waals surface area contributed by atoms with Crippen LogP contribution in [0.1, 0.15) is 25.7 Å². The first-order valence-electron chi connectivity index (χ1n) is 6.23. The lowest BCUT2D eigenvalue weighted by molar-refractivity contribution is 0.0139. The molecule has 2 rings (SSSR count). The van der Waals surface area contributed by atoms with Crippen molar-refractivity contribution in [2.75, 3.05) is 33.7 Å². The monoisotopic (exact) mass is 212 g/mol. The highest BCUT2D eigenvalue weighted by molar-refractivity contribution is 4.85. The molecule has 1 saturated carbocycles. The third-order valence-corrected chi connectivity index (χ3v) is 4.19. The number of aliphatic hydroxyl groups is 1. The second-order valence-corrected chi connectivity index (χ2v) is 5.39. The quantitative estimate of drug-likeness (QED) is 0.749. The van der Waals surface area contributed by atoms with Gasteiger partial charge in [-0.3, -0.25) is 0 Å². The van der Waals surface area contributed by atoms with Gasteiger partial charge in [-0.05, 0) is 39.3 Å². The van der Waals surface area contributed by atoms with Crippen LogP contribution in [-0.4, -0.2) is 60.8 Å². The first-order valence-corrected chi connectivity index (χ1v) is 6.23. The summed E-state index contributed by atoms with van der Waals surface area (Å²) >= 11 is 0. The molecule has 0 spiro atoms. The third-order valence-electron chi connectivity index (χ3n) is 4.19. The summed E-state index contributed by atoms with van der Waals surface area (Å²) in [6.45, 7) is 3.41. The van der Waals surface area contributed by atoms with Gasteiger partial charge in [0.1, 0.15) is 0 Å². The number of piperazine rings is 1. The van der Waals surface area contributed by atoms with Crippen molar-refractivity contribution in [2.24, 2.45) is 5.92 Å². The number of aliphatic hydroxyl groups excluding tert-OH is 1. The van der Waals surface area contributed by atoms with Crippen LogP contribution in [0.3, 0.4) is 0 Å². The van der Waals surface area contributed by atoms with Crippen LogP contribution in [0.2, 0.25) is 0 Å². The molecule has 2 unspecified atom stereocenters. The van der Waals surface area contributed by atoms with Crippen LogP contribution < -0.4 is 0 Å². The Hall–Kier alpha value is -0.120. The van der Waals surface area contributed by atoms with Gasteiger partial charge in [-0.15, -0.1) is 0 Å². The summed E-state index contributed by atoms with van der Waals surface area (Å²) in [7, 11) is 4.36. The molecule has 0 aromatic carbocycles. The van der Waals surface area contributed by atoms with Crippen LogP contribution in [0.5, 0.6) is 0 Å². The van der Waals surface area contributed by atoms with E-state index in [4.69, 9.17) is 0 Å². The predicted octanol–water partition coefficient (Wildman–Crippen LogP) is 0.783. The molecule has 0 radical (unpaired) electrons. The summed E-state index contributed by atoms with van der Waals surface area (Å²) in [5, 5.41) is 10.1. The fourth-order valence-corrected chi connectivity index (χ4v) is 2.65. The summed E-state index contributed by atoms with van der Waals surface area (Å²) in [5.41, 5.74) is 0. The minimum atomic E-state index is -0.0577. The highest BCUT2D eigenvalue weighted by atomic mass is 16.3. The van der Waals surface area contributed by atoms with Crippen molar-refractivity contribution in [1.29, 1.82) is 0 Å². The van der Waals surface area contributed by atoms with E-state index >= 15 is 0 Å². The van der Waals surface area contributed by atoms with Crippen LogP contribution in [0.15, 0.2) is 0 Å². The molecule has 0 aromatic rings. The molecule has 0 aromatic heterocycles. The Labute approximate surface area is 93.1 Å². The molecule has 15 heavy (non-hydrogen) atoms. The fraction of sp³-hybridized carbons (Fsp3) is 1.00. The van der Waals surface area contributed by atoms with Crippen molar-refractivity contribution in [3.63, 3.8) is 0 Å². The molecule has 3 nitrogen and oxygen atoms in total. The van der Waals surface area contributed by atoms with E-state index in [0.717, 1.165) is 26.1 Å². The lowest BCUT2D eigenvalue weighted by Gasteiger charge is -2.40. The largest absolute Gasteiger partial charge is 0.393 e. The highest BCUT2D eigenvalue weighted by Crippen LogP contribution is 2.32. The average molecular weight is 212 g/mol. The van der Waals surface area contributed by atoms with E-state index in [1.165, 1.54) is 19.3 Å². The minimum absolute atomic E-state index is 0.0577. The molecule has 1 N–H and O–H groups in total. The molecule has 2 aliphatic rings. The zero-order chi connectivity index (χ0) is 10.8. The van der Waals surface area contributed by atoms with E-state index in [-0.39, 0.29) is 6.10 Å². The van der Waals surface area contributed by atoms with E-state index in [1.54, 1.807) is 0 Å². The zero-order valence-corrected chi connectivity index (χ0v) is 10.0. The van der Waals surface area contributed by atoms with E-state index in [0.29, 0.717) is 12.0 Å². The first kappa shape index (κ1) is 11.4. The number of nitrogens with zero attached hydrogens (tertiary/aromatic N) is 2. The molecule has 3 heteroatoms. The van der Waals surface area contributed by atoms with E-state index in [9.17, 15) is 5.11 Å². The number of rotatable bonds is 3. The summed E-state index contributed by atoms with van der Waals surface area (Å²) < 4.78 is 0. The molecular weight excluding hydrogens is 188 g/mol.